The van der Waals surface area contributed by atoms with Crippen LogP contribution in [-0.2, 0) is 20.1 Å². The number of fused-ring (bicyclic) bond motifs is 1. The molecule has 0 radical (unpaired) electrons. The van der Waals surface area contributed by atoms with E-state index < -0.39 is 11.3 Å². The third-order valence-corrected chi connectivity index (χ3v) is 6.15. The van der Waals surface area contributed by atoms with Crippen LogP contribution < -0.4 is 30.3 Å². The Morgan fingerprint density at radius 3 is 2.33 bits per heavy atom. The Labute approximate surface area is 227 Å². The number of anilines is 2. The van der Waals surface area contributed by atoms with Gasteiger partial charge in [0.1, 0.15) is 23.1 Å². The smallest absolute Gasteiger partial charge is 0.255 e. The lowest BCUT2D eigenvalue weighted by molar-refractivity contribution is -0.272. The number of likely N-dealkylation sites (N-methyl/N-ethyl adjacent to an activating group) is 1. The number of nitriles is 1. The number of amides is 1. The lowest BCUT2D eigenvalue weighted by atomic mass is 9.90. The number of carbonyl (C=O) groups excluding carboxylic acids is 1. The molecule has 39 heavy (non-hydrogen) atoms. The van der Waals surface area contributed by atoms with Crippen molar-refractivity contribution in [3.8, 4) is 29.1 Å². The van der Waals surface area contributed by atoms with E-state index in [2.05, 4.69) is 22.0 Å². The molecule has 10 nitrogen and oxygen atoms in total. The maximum Gasteiger partial charge on any atom is 0.255 e. The minimum atomic E-state index is -1.25. The molecular weight excluding hydrogens is 500 g/mol. The number of ether oxygens (including phenoxy) is 3. The molecule has 1 aliphatic rings. The van der Waals surface area contributed by atoms with E-state index in [4.69, 9.17) is 24.0 Å². The summed E-state index contributed by atoms with van der Waals surface area (Å²) >= 11 is 0. The number of carbonyl (C=O) groups is 1. The Kier molecular flexibility index (Phi) is 7.95. The van der Waals surface area contributed by atoms with Crippen LogP contribution in [0.2, 0.25) is 0 Å². The van der Waals surface area contributed by atoms with Gasteiger partial charge >= 0.3 is 0 Å². The fourth-order valence-electron chi connectivity index (χ4n) is 4.01. The van der Waals surface area contributed by atoms with E-state index in [1.165, 1.54) is 14.2 Å². The fourth-order valence-corrected chi connectivity index (χ4v) is 4.01. The number of hydrogen-bond acceptors (Lipinski definition) is 9. The molecule has 3 aromatic rings. The van der Waals surface area contributed by atoms with Gasteiger partial charge in [-0.05, 0) is 68.4 Å². The molecule has 1 amide bonds. The first-order valence-electron chi connectivity index (χ1n) is 12.1. The molecular formula is C29H30N4O6. The molecule has 0 bridgehead atoms. The number of nitrogens with one attached hydrogen (secondary N) is 3. The molecule has 3 aromatic carbocycles. The Bertz CT molecular complexity index is 1410. The zero-order valence-corrected chi connectivity index (χ0v) is 22.3. The van der Waals surface area contributed by atoms with E-state index in [1.807, 2.05) is 30.3 Å². The van der Waals surface area contributed by atoms with Crippen molar-refractivity contribution in [2.24, 2.45) is 0 Å². The number of para-hydroxylation sites is 2. The third-order valence-electron chi connectivity index (χ3n) is 6.15. The second-order valence-corrected chi connectivity index (χ2v) is 9.07. The normalized spacial score (nSPS) is 16.1. The number of hydrogen-bond donors (Lipinski definition) is 3. The van der Waals surface area contributed by atoms with E-state index in [-0.39, 0.29) is 5.91 Å². The summed E-state index contributed by atoms with van der Waals surface area (Å²) in [7, 11) is 4.64. The maximum atomic E-state index is 12.0. The highest BCUT2D eigenvalue weighted by atomic mass is 17.2. The van der Waals surface area contributed by atoms with Crippen LogP contribution in [0, 0.1) is 11.3 Å². The summed E-state index contributed by atoms with van der Waals surface area (Å²) in [5.41, 5.74) is 0.0531. The van der Waals surface area contributed by atoms with Crippen LogP contribution in [0.3, 0.4) is 0 Å². The van der Waals surface area contributed by atoms with Crippen molar-refractivity contribution in [1.82, 2.24) is 5.32 Å². The van der Waals surface area contributed by atoms with E-state index in [0.29, 0.717) is 39.8 Å². The van der Waals surface area contributed by atoms with Gasteiger partial charge in [0.2, 0.25) is 11.5 Å². The lowest BCUT2D eigenvalue weighted by Crippen LogP contribution is -2.43. The van der Waals surface area contributed by atoms with Crippen LogP contribution in [-0.4, -0.2) is 32.8 Å². The van der Waals surface area contributed by atoms with Crippen LogP contribution in [0.15, 0.2) is 78.5 Å². The molecule has 202 valence electrons. The monoisotopic (exact) mass is 530 g/mol. The third kappa shape index (κ3) is 5.60. The predicted octanol–water partition coefficient (Wildman–Crippen LogP) is 5.07. The molecule has 0 aliphatic carbocycles. The highest BCUT2D eigenvalue weighted by Gasteiger charge is 2.42. The Hall–Kier alpha value is -4.72. The van der Waals surface area contributed by atoms with Gasteiger partial charge in [0.25, 0.3) is 5.91 Å². The standard InChI is InChI=1S/C29H30N4O6/c1-28(2,27(34)31-3)39-38-26-9-7-6-8-25(26)37-21-12-10-20(11-13-21)33-29(36-5)19(17-30)18-32-24-15-14-22(35-4)16-23(24)29/h6-16,18,32-33H,1-5H3,(H,31,34). The first kappa shape index (κ1) is 27.3. The van der Waals surface area contributed by atoms with Gasteiger partial charge in [0.15, 0.2) is 11.4 Å². The van der Waals surface area contributed by atoms with Crippen LogP contribution in [0.25, 0.3) is 0 Å². The molecule has 0 saturated heterocycles. The minimum absolute atomic E-state index is 0.305. The molecule has 1 aliphatic heterocycles. The number of nitrogens with zero attached hydrogens (tertiary/aromatic N) is 1. The molecule has 3 N–H and O–H groups in total. The topological polar surface area (TPSA) is 123 Å². The van der Waals surface area contributed by atoms with Gasteiger partial charge in [-0.3, -0.25) is 4.79 Å². The summed E-state index contributed by atoms with van der Waals surface area (Å²) in [5.74, 6) is 1.52. The zero-order valence-electron chi connectivity index (χ0n) is 22.3. The fraction of sp³-hybridized carbons (Fsp3) is 0.241. The molecule has 0 spiro atoms. The highest BCUT2D eigenvalue weighted by molar-refractivity contribution is 5.83. The van der Waals surface area contributed by atoms with Gasteiger partial charge < -0.3 is 35.0 Å². The van der Waals surface area contributed by atoms with Crippen molar-refractivity contribution in [3.05, 3.63) is 84.1 Å². The van der Waals surface area contributed by atoms with E-state index in [0.717, 1.165) is 5.69 Å². The van der Waals surface area contributed by atoms with Crippen LogP contribution >= 0.6 is 0 Å². The molecule has 1 heterocycles. The van der Waals surface area contributed by atoms with Crippen LogP contribution in [0.1, 0.15) is 19.4 Å². The average molecular weight is 531 g/mol. The summed E-state index contributed by atoms with van der Waals surface area (Å²) in [5, 5.41) is 18.9. The van der Waals surface area contributed by atoms with Crippen molar-refractivity contribution in [3.63, 3.8) is 0 Å². The molecule has 1 unspecified atom stereocenters. The van der Waals surface area contributed by atoms with Gasteiger partial charge in [-0.2, -0.15) is 10.1 Å². The molecule has 4 rings (SSSR count). The Morgan fingerprint density at radius 1 is 1.00 bits per heavy atom. The summed E-state index contributed by atoms with van der Waals surface area (Å²) in [6.07, 6.45) is 1.62. The van der Waals surface area contributed by atoms with E-state index in [1.54, 1.807) is 63.6 Å². The zero-order chi connectivity index (χ0) is 28.0. The van der Waals surface area contributed by atoms with Gasteiger partial charge in [0, 0.05) is 37.3 Å². The molecule has 0 saturated carbocycles. The van der Waals surface area contributed by atoms with Crippen molar-refractivity contribution >= 4 is 17.3 Å². The SMILES string of the molecule is CNC(=O)C(C)(C)OOc1ccccc1Oc1ccc(NC2(OC)C(C#N)=CNc3ccc(OC)cc32)cc1. The predicted molar refractivity (Wildman–Crippen MR) is 145 cm³/mol. The lowest BCUT2D eigenvalue weighted by Gasteiger charge is -2.38. The summed E-state index contributed by atoms with van der Waals surface area (Å²) in [6, 6.07) is 21.8. The highest BCUT2D eigenvalue weighted by Crippen LogP contribution is 2.43. The van der Waals surface area contributed by atoms with E-state index in [9.17, 15) is 10.1 Å². The minimum Gasteiger partial charge on any atom is -0.497 e. The van der Waals surface area contributed by atoms with E-state index >= 15 is 0 Å². The Morgan fingerprint density at radius 2 is 1.69 bits per heavy atom. The number of methoxy groups -OCH3 is 2. The molecule has 0 aromatic heterocycles. The van der Waals surface area contributed by atoms with Crippen molar-refractivity contribution in [2.75, 3.05) is 31.9 Å². The number of rotatable bonds is 10. The quantitative estimate of drug-likeness (QED) is 0.187. The summed E-state index contributed by atoms with van der Waals surface area (Å²) < 4.78 is 17.4. The molecule has 10 heteroatoms. The van der Waals surface area contributed by atoms with Crippen molar-refractivity contribution in [2.45, 2.75) is 25.2 Å². The van der Waals surface area contributed by atoms with Gasteiger partial charge in [-0.25, -0.2) is 0 Å². The van der Waals surface area contributed by atoms with Gasteiger partial charge in [0.05, 0.1) is 7.11 Å². The summed E-state index contributed by atoms with van der Waals surface area (Å²) in [6.45, 7) is 3.19. The first-order valence-corrected chi connectivity index (χ1v) is 12.1. The molecule has 0 fully saturated rings. The Balaban J connectivity index is 1.55. The van der Waals surface area contributed by atoms with Crippen molar-refractivity contribution < 1.29 is 28.8 Å². The average Bonchev–Trinajstić information content (AvgIpc) is 2.97. The van der Waals surface area contributed by atoms with Gasteiger partial charge in [-0.1, -0.05) is 12.1 Å². The number of benzene rings is 3. The second kappa shape index (κ2) is 11.3. The largest absolute Gasteiger partial charge is 0.497 e. The van der Waals surface area contributed by atoms with Gasteiger partial charge in [-0.15, -0.1) is 0 Å². The summed E-state index contributed by atoms with van der Waals surface area (Å²) in [4.78, 5) is 22.8. The van der Waals surface area contributed by atoms with Crippen LogP contribution in [0.4, 0.5) is 11.4 Å². The first-order chi connectivity index (χ1) is 18.8. The maximum absolute atomic E-state index is 12.0. The van der Waals surface area contributed by atoms with Crippen LogP contribution in [0.5, 0.6) is 23.0 Å². The second-order valence-electron chi connectivity index (χ2n) is 9.07. The van der Waals surface area contributed by atoms with Crippen molar-refractivity contribution in [1.29, 1.82) is 5.26 Å². The molecule has 1 atom stereocenters.